The van der Waals surface area contributed by atoms with Crippen molar-refractivity contribution in [2.24, 2.45) is 0 Å². The number of likely N-dealkylation sites (tertiary alicyclic amines) is 1. The van der Waals surface area contributed by atoms with Crippen molar-refractivity contribution in [3.8, 4) is 0 Å². The second-order valence-electron chi connectivity index (χ2n) is 5.05. The summed E-state index contributed by atoms with van der Waals surface area (Å²) < 4.78 is 5.32. The fourth-order valence-corrected chi connectivity index (χ4v) is 2.42. The highest BCUT2D eigenvalue weighted by Gasteiger charge is 2.14. The normalized spacial score (nSPS) is 20.1. The molecule has 3 nitrogen and oxygen atoms in total. The molecule has 1 heterocycles. The van der Waals surface area contributed by atoms with Crippen molar-refractivity contribution in [1.82, 2.24) is 10.2 Å². The molecule has 0 aromatic rings. The molecule has 1 aliphatic heterocycles. The molecule has 0 saturated carbocycles. The Labute approximate surface area is 107 Å². The van der Waals surface area contributed by atoms with Crippen LogP contribution in [0.4, 0.5) is 0 Å². The highest BCUT2D eigenvalue weighted by atomic mass is 16.5. The maximum atomic E-state index is 5.32. The number of rotatable bonds is 8. The molecule has 1 aliphatic rings. The third kappa shape index (κ3) is 7.02. The molecule has 17 heavy (non-hydrogen) atoms. The summed E-state index contributed by atoms with van der Waals surface area (Å²) in [4.78, 5) is 2.64. The second-order valence-corrected chi connectivity index (χ2v) is 5.05. The van der Waals surface area contributed by atoms with Gasteiger partial charge >= 0.3 is 0 Å². The van der Waals surface area contributed by atoms with Crippen LogP contribution in [-0.2, 0) is 4.74 Å². The first-order valence-corrected chi connectivity index (χ1v) is 7.37. The Bertz CT molecular complexity index is 168. The molecule has 0 spiro atoms. The lowest BCUT2D eigenvalue weighted by Crippen LogP contribution is -2.41. The summed E-state index contributed by atoms with van der Waals surface area (Å²) in [7, 11) is 0. The smallest absolute Gasteiger partial charge is 0.0477 e. The molecule has 1 fully saturated rings. The van der Waals surface area contributed by atoms with Crippen LogP contribution in [0.2, 0.25) is 0 Å². The topological polar surface area (TPSA) is 24.5 Å². The largest absolute Gasteiger partial charge is 0.382 e. The lowest BCUT2D eigenvalue weighted by Gasteiger charge is -2.27. The van der Waals surface area contributed by atoms with Crippen molar-refractivity contribution >= 4 is 0 Å². The predicted octanol–water partition coefficient (Wildman–Crippen LogP) is 2.27. The Hall–Kier alpha value is -0.120. The van der Waals surface area contributed by atoms with Crippen molar-refractivity contribution in [1.29, 1.82) is 0 Å². The highest BCUT2D eigenvalue weighted by Crippen LogP contribution is 2.11. The molecule has 1 atom stereocenters. The summed E-state index contributed by atoms with van der Waals surface area (Å²) in [6, 6.07) is 0.681. The third-order valence-corrected chi connectivity index (χ3v) is 3.55. The number of nitrogens with one attached hydrogen (secondary N) is 1. The predicted molar refractivity (Wildman–Crippen MR) is 73.5 cm³/mol. The van der Waals surface area contributed by atoms with Gasteiger partial charge < -0.3 is 10.1 Å². The molecular formula is C14H30N2O. The minimum Gasteiger partial charge on any atom is -0.382 e. The number of hydrogen-bond acceptors (Lipinski definition) is 3. The maximum Gasteiger partial charge on any atom is 0.0477 e. The van der Waals surface area contributed by atoms with E-state index < -0.39 is 0 Å². The van der Waals surface area contributed by atoms with Crippen molar-refractivity contribution in [3.05, 3.63) is 0 Å². The van der Waals surface area contributed by atoms with Crippen LogP contribution in [0, 0.1) is 0 Å². The van der Waals surface area contributed by atoms with Gasteiger partial charge in [-0.15, -0.1) is 0 Å². The van der Waals surface area contributed by atoms with E-state index >= 15 is 0 Å². The van der Waals surface area contributed by atoms with Crippen molar-refractivity contribution < 1.29 is 4.74 Å². The van der Waals surface area contributed by atoms with Gasteiger partial charge in [0.05, 0.1) is 0 Å². The molecule has 1 rings (SSSR count). The molecule has 0 bridgehead atoms. The van der Waals surface area contributed by atoms with Crippen molar-refractivity contribution in [2.75, 3.05) is 39.4 Å². The summed E-state index contributed by atoms with van der Waals surface area (Å²) in [6.07, 6.45) is 6.74. The first-order valence-electron chi connectivity index (χ1n) is 7.37. The molecule has 0 aromatic carbocycles. The van der Waals surface area contributed by atoms with Gasteiger partial charge in [-0.1, -0.05) is 12.8 Å². The minimum atomic E-state index is 0.681. The van der Waals surface area contributed by atoms with E-state index in [1.165, 1.54) is 38.8 Å². The zero-order valence-corrected chi connectivity index (χ0v) is 11.7. The van der Waals surface area contributed by atoms with Crippen molar-refractivity contribution in [3.63, 3.8) is 0 Å². The Kier molecular flexibility index (Phi) is 8.67. The number of ether oxygens (including phenoxy) is 1. The van der Waals surface area contributed by atoms with Crippen LogP contribution in [0.3, 0.4) is 0 Å². The number of nitrogens with zero attached hydrogens (tertiary/aromatic N) is 1. The first-order chi connectivity index (χ1) is 8.34. The molecule has 1 saturated heterocycles. The van der Waals surface area contributed by atoms with Gasteiger partial charge in [0.15, 0.2) is 0 Å². The summed E-state index contributed by atoms with van der Waals surface area (Å²) in [5.41, 5.74) is 0. The lowest BCUT2D eigenvalue weighted by molar-refractivity contribution is 0.143. The van der Waals surface area contributed by atoms with Gasteiger partial charge in [-0.3, -0.25) is 4.90 Å². The van der Waals surface area contributed by atoms with Crippen LogP contribution < -0.4 is 5.32 Å². The van der Waals surface area contributed by atoms with Gasteiger partial charge in [-0.2, -0.15) is 0 Å². The Morgan fingerprint density at radius 3 is 2.53 bits per heavy atom. The van der Waals surface area contributed by atoms with Gasteiger partial charge in [-0.05, 0) is 52.7 Å². The summed E-state index contributed by atoms with van der Waals surface area (Å²) in [5.74, 6) is 0. The summed E-state index contributed by atoms with van der Waals surface area (Å²) >= 11 is 0. The molecule has 1 unspecified atom stereocenters. The Morgan fingerprint density at radius 1 is 1.18 bits per heavy atom. The molecule has 102 valence electrons. The molecular weight excluding hydrogens is 212 g/mol. The van der Waals surface area contributed by atoms with Crippen molar-refractivity contribution in [2.45, 2.75) is 52.0 Å². The van der Waals surface area contributed by atoms with Crippen LogP contribution >= 0.6 is 0 Å². The average molecular weight is 242 g/mol. The summed E-state index contributed by atoms with van der Waals surface area (Å²) in [6.45, 7) is 10.9. The van der Waals surface area contributed by atoms with Gasteiger partial charge in [0.2, 0.25) is 0 Å². The van der Waals surface area contributed by atoms with Crippen LogP contribution in [0.15, 0.2) is 0 Å². The van der Waals surface area contributed by atoms with Gasteiger partial charge in [0.1, 0.15) is 0 Å². The zero-order chi connectivity index (χ0) is 12.3. The van der Waals surface area contributed by atoms with E-state index in [4.69, 9.17) is 4.74 Å². The van der Waals surface area contributed by atoms with Crippen LogP contribution in [-0.4, -0.2) is 50.3 Å². The van der Waals surface area contributed by atoms with E-state index in [0.717, 1.165) is 32.7 Å². The monoisotopic (exact) mass is 242 g/mol. The Morgan fingerprint density at radius 2 is 1.88 bits per heavy atom. The molecule has 0 amide bonds. The third-order valence-electron chi connectivity index (χ3n) is 3.55. The Balaban J connectivity index is 2.01. The van der Waals surface area contributed by atoms with E-state index in [1.807, 2.05) is 0 Å². The van der Waals surface area contributed by atoms with Crippen LogP contribution in [0.5, 0.6) is 0 Å². The van der Waals surface area contributed by atoms with Crippen LogP contribution in [0.1, 0.15) is 46.0 Å². The standard InChI is InChI=1S/C14H30N2O/c1-3-17-12-8-9-15-13-14(2)16-10-6-4-5-7-11-16/h14-15H,3-13H2,1-2H3. The fourth-order valence-electron chi connectivity index (χ4n) is 2.42. The van der Waals surface area contributed by atoms with E-state index in [2.05, 4.69) is 24.1 Å². The fraction of sp³-hybridized carbons (Fsp3) is 1.00. The molecule has 0 aliphatic carbocycles. The molecule has 0 aromatic heterocycles. The van der Waals surface area contributed by atoms with E-state index in [-0.39, 0.29) is 0 Å². The first kappa shape index (κ1) is 14.9. The van der Waals surface area contributed by atoms with E-state index in [9.17, 15) is 0 Å². The lowest BCUT2D eigenvalue weighted by atomic mass is 10.2. The van der Waals surface area contributed by atoms with Gasteiger partial charge in [0.25, 0.3) is 0 Å². The van der Waals surface area contributed by atoms with E-state index in [0.29, 0.717) is 6.04 Å². The summed E-state index contributed by atoms with van der Waals surface area (Å²) in [5, 5.41) is 3.54. The van der Waals surface area contributed by atoms with E-state index in [1.54, 1.807) is 0 Å². The molecule has 0 radical (unpaired) electrons. The maximum absolute atomic E-state index is 5.32. The van der Waals surface area contributed by atoms with Gasteiger partial charge in [0, 0.05) is 25.8 Å². The second kappa shape index (κ2) is 9.86. The quantitative estimate of drug-likeness (QED) is 0.661. The minimum absolute atomic E-state index is 0.681. The average Bonchev–Trinajstić information content (AvgIpc) is 2.62. The molecule has 3 heteroatoms. The van der Waals surface area contributed by atoms with Crippen LogP contribution in [0.25, 0.3) is 0 Å². The zero-order valence-electron chi connectivity index (χ0n) is 11.7. The number of hydrogen-bond donors (Lipinski definition) is 1. The highest BCUT2D eigenvalue weighted by molar-refractivity contribution is 4.72. The SMILES string of the molecule is CCOCCCNCC(C)N1CCCCCC1. The molecule has 1 N–H and O–H groups in total. The van der Waals surface area contributed by atoms with Gasteiger partial charge in [-0.25, -0.2) is 0 Å².